The Morgan fingerprint density at radius 2 is 1.93 bits per heavy atom. The van der Waals surface area contributed by atoms with Gasteiger partial charge in [-0.05, 0) is 55.5 Å². The SMILES string of the molecule is CCNc1c[nH]c(CC(=O)CCc2ccc3c(-c4cccc(C(N)=S)c4)cn(C4CCN(S(C)(=O)=O)CC4)c3c2)c1. The molecule has 3 heterocycles. The van der Waals surface area contributed by atoms with Crippen molar-refractivity contribution in [2.75, 3.05) is 31.2 Å². The molecule has 0 atom stereocenters. The van der Waals surface area contributed by atoms with Crippen molar-refractivity contribution in [2.24, 2.45) is 5.73 Å². The molecule has 0 spiro atoms. The third kappa shape index (κ3) is 6.72. The number of aromatic amines is 1. The molecule has 2 aromatic carbocycles. The zero-order chi connectivity index (χ0) is 29.1. The molecule has 0 unspecified atom stereocenters. The quantitative estimate of drug-likeness (QED) is 0.211. The number of benzene rings is 2. The number of fused-ring (bicyclic) bond motifs is 1. The summed E-state index contributed by atoms with van der Waals surface area (Å²) in [5.41, 5.74) is 12.9. The van der Waals surface area contributed by atoms with Crippen LogP contribution in [0.25, 0.3) is 22.0 Å². The number of piperidine rings is 1. The number of Topliss-reactive ketones (excluding diaryl/α,β-unsaturated/α-hetero) is 1. The fourth-order valence-electron chi connectivity index (χ4n) is 5.71. The Morgan fingerprint density at radius 1 is 1.15 bits per heavy atom. The third-order valence-corrected chi connectivity index (χ3v) is 9.39. The average Bonchev–Trinajstić information content (AvgIpc) is 3.56. The maximum Gasteiger partial charge on any atom is 0.211 e. The molecule has 10 heteroatoms. The van der Waals surface area contributed by atoms with Crippen LogP contribution in [-0.4, -0.2) is 58.9 Å². The summed E-state index contributed by atoms with van der Waals surface area (Å²) in [6, 6.07) is 16.5. The van der Waals surface area contributed by atoms with Crippen LogP contribution in [0, 0.1) is 0 Å². The first-order valence-corrected chi connectivity index (χ1v) is 16.3. The fourth-order valence-corrected chi connectivity index (χ4v) is 6.71. The average molecular weight is 592 g/mol. The number of aromatic nitrogens is 2. The number of anilines is 1. The molecule has 0 amide bonds. The van der Waals surface area contributed by atoms with Crippen LogP contribution in [0.15, 0.2) is 60.9 Å². The fraction of sp³-hybridized carbons (Fsp3) is 0.355. The predicted molar refractivity (Wildman–Crippen MR) is 170 cm³/mol. The molecule has 216 valence electrons. The second-order valence-corrected chi connectivity index (χ2v) is 13.2. The lowest BCUT2D eigenvalue weighted by molar-refractivity contribution is -0.118. The minimum absolute atomic E-state index is 0.165. The minimum Gasteiger partial charge on any atom is -0.389 e. The number of sulfonamides is 1. The molecule has 0 aliphatic carbocycles. The molecule has 1 aliphatic heterocycles. The lowest BCUT2D eigenvalue weighted by Crippen LogP contribution is -2.38. The van der Waals surface area contributed by atoms with E-state index in [0.717, 1.165) is 63.9 Å². The number of hydrogen-bond donors (Lipinski definition) is 3. The number of carbonyl (C=O) groups is 1. The van der Waals surface area contributed by atoms with E-state index in [9.17, 15) is 13.2 Å². The highest BCUT2D eigenvalue weighted by atomic mass is 32.2. The summed E-state index contributed by atoms with van der Waals surface area (Å²) >= 11 is 5.22. The summed E-state index contributed by atoms with van der Waals surface area (Å²) in [5.74, 6) is 0.189. The Labute approximate surface area is 247 Å². The second kappa shape index (κ2) is 12.2. The number of aryl methyl sites for hydroxylation is 1. The first-order chi connectivity index (χ1) is 19.6. The van der Waals surface area contributed by atoms with Crippen LogP contribution in [-0.2, 0) is 27.7 Å². The van der Waals surface area contributed by atoms with E-state index in [4.69, 9.17) is 18.0 Å². The number of ketones is 1. The van der Waals surface area contributed by atoms with Crippen molar-refractivity contribution in [1.29, 1.82) is 0 Å². The monoisotopic (exact) mass is 591 g/mol. The highest BCUT2D eigenvalue weighted by Gasteiger charge is 2.27. The topological polar surface area (TPSA) is 113 Å². The van der Waals surface area contributed by atoms with Crippen molar-refractivity contribution < 1.29 is 13.2 Å². The van der Waals surface area contributed by atoms with Gasteiger partial charge in [-0.1, -0.05) is 42.5 Å². The lowest BCUT2D eigenvalue weighted by atomic mass is 10.00. The number of rotatable bonds is 11. The van der Waals surface area contributed by atoms with Gasteiger partial charge < -0.3 is 20.6 Å². The number of hydrogen-bond acceptors (Lipinski definition) is 5. The van der Waals surface area contributed by atoms with Gasteiger partial charge in [0.05, 0.1) is 11.9 Å². The molecule has 1 saturated heterocycles. The predicted octanol–water partition coefficient (Wildman–Crippen LogP) is 5.04. The molecular weight excluding hydrogens is 555 g/mol. The van der Waals surface area contributed by atoms with Crippen molar-refractivity contribution in [2.45, 2.75) is 45.1 Å². The molecule has 5 rings (SSSR count). The summed E-state index contributed by atoms with van der Waals surface area (Å²) in [5, 5.41) is 4.36. The number of H-pyrrole nitrogens is 1. The smallest absolute Gasteiger partial charge is 0.211 e. The van der Waals surface area contributed by atoms with E-state index >= 15 is 0 Å². The maximum absolute atomic E-state index is 12.8. The van der Waals surface area contributed by atoms with E-state index in [1.807, 2.05) is 37.4 Å². The molecule has 0 radical (unpaired) electrons. The van der Waals surface area contributed by atoms with Gasteiger partial charge in [-0.25, -0.2) is 12.7 Å². The van der Waals surface area contributed by atoms with Gasteiger partial charge in [0.2, 0.25) is 10.0 Å². The van der Waals surface area contributed by atoms with Crippen molar-refractivity contribution >= 4 is 49.6 Å². The van der Waals surface area contributed by atoms with Gasteiger partial charge in [-0.3, -0.25) is 4.79 Å². The molecule has 0 saturated carbocycles. The van der Waals surface area contributed by atoms with Crippen LogP contribution in [0.5, 0.6) is 0 Å². The summed E-state index contributed by atoms with van der Waals surface area (Å²) in [6.45, 7) is 3.87. The van der Waals surface area contributed by atoms with Crippen molar-refractivity contribution in [3.8, 4) is 11.1 Å². The van der Waals surface area contributed by atoms with Crippen molar-refractivity contribution in [1.82, 2.24) is 13.9 Å². The number of nitrogens with zero attached hydrogens (tertiary/aromatic N) is 2. The van der Waals surface area contributed by atoms with E-state index < -0.39 is 10.0 Å². The number of carbonyl (C=O) groups excluding carboxylic acids is 1. The molecule has 4 N–H and O–H groups in total. The molecule has 2 aromatic heterocycles. The van der Waals surface area contributed by atoms with Crippen LogP contribution >= 0.6 is 12.2 Å². The van der Waals surface area contributed by atoms with Crippen molar-refractivity contribution in [3.05, 3.63) is 77.7 Å². The minimum atomic E-state index is -3.21. The molecule has 0 bridgehead atoms. The largest absolute Gasteiger partial charge is 0.389 e. The summed E-state index contributed by atoms with van der Waals surface area (Å²) in [7, 11) is -3.21. The number of thiocarbonyl (C=S) groups is 1. The summed E-state index contributed by atoms with van der Waals surface area (Å²) in [6.07, 6.45) is 8.29. The van der Waals surface area contributed by atoms with Gasteiger partial charge in [0, 0.05) is 78.6 Å². The van der Waals surface area contributed by atoms with Gasteiger partial charge in [0.1, 0.15) is 10.8 Å². The molecular formula is C31H37N5O3S2. The van der Waals surface area contributed by atoms with E-state index in [0.29, 0.717) is 37.3 Å². The van der Waals surface area contributed by atoms with Crippen LogP contribution in [0.2, 0.25) is 0 Å². The van der Waals surface area contributed by atoms with Crippen LogP contribution in [0.4, 0.5) is 5.69 Å². The van der Waals surface area contributed by atoms with Crippen molar-refractivity contribution in [3.63, 3.8) is 0 Å². The van der Waals surface area contributed by atoms with Crippen LogP contribution in [0.1, 0.15) is 49.0 Å². The number of nitrogens with two attached hydrogens (primary N) is 1. The van der Waals surface area contributed by atoms with Gasteiger partial charge in [0.15, 0.2) is 0 Å². The van der Waals surface area contributed by atoms with E-state index in [2.05, 4.69) is 45.3 Å². The first-order valence-electron chi connectivity index (χ1n) is 14.0. The Morgan fingerprint density at radius 3 is 2.63 bits per heavy atom. The molecule has 8 nitrogen and oxygen atoms in total. The summed E-state index contributed by atoms with van der Waals surface area (Å²) in [4.78, 5) is 16.3. The Bertz CT molecular complexity index is 1680. The van der Waals surface area contributed by atoms with Gasteiger partial charge in [-0.2, -0.15) is 0 Å². The van der Waals surface area contributed by atoms with Gasteiger partial charge >= 0.3 is 0 Å². The molecule has 1 aliphatic rings. The van der Waals surface area contributed by atoms with Gasteiger partial charge in [0.25, 0.3) is 0 Å². The Balaban J connectivity index is 1.41. The first kappa shape index (κ1) is 29.0. The number of nitrogens with one attached hydrogen (secondary N) is 2. The second-order valence-electron chi connectivity index (χ2n) is 10.8. The third-order valence-electron chi connectivity index (χ3n) is 7.85. The standard InChI is InChI=1S/C31H37N5O3S2/c1-3-33-25-17-24(34-19-25)18-27(37)9-7-21-8-10-28-29(22-5-4-6-23(16-22)31(32)40)20-36(30(28)15-21)26-11-13-35(14-12-26)41(2,38)39/h4-6,8,10,15-17,19-20,26,33-34H,3,7,9,11-14,18H2,1-2H3,(H2,32,40). The lowest BCUT2D eigenvalue weighted by Gasteiger charge is -2.31. The Kier molecular flexibility index (Phi) is 8.63. The molecule has 4 aromatic rings. The zero-order valence-corrected chi connectivity index (χ0v) is 25.2. The Hall–Kier alpha value is -3.47. The molecule has 41 heavy (non-hydrogen) atoms. The van der Waals surface area contributed by atoms with E-state index in [-0.39, 0.29) is 11.8 Å². The highest BCUT2D eigenvalue weighted by molar-refractivity contribution is 7.88. The highest BCUT2D eigenvalue weighted by Crippen LogP contribution is 2.36. The van der Waals surface area contributed by atoms with Crippen LogP contribution < -0.4 is 11.1 Å². The van der Waals surface area contributed by atoms with Gasteiger partial charge in [-0.15, -0.1) is 0 Å². The normalized spacial score (nSPS) is 14.9. The van der Waals surface area contributed by atoms with E-state index in [1.165, 1.54) is 6.26 Å². The van der Waals surface area contributed by atoms with Crippen LogP contribution in [0.3, 0.4) is 0 Å². The maximum atomic E-state index is 12.8. The molecule has 1 fully saturated rings. The van der Waals surface area contributed by atoms with E-state index in [1.54, 1.807) is 4.31 Å². The zero-order valence-electron chi connectivity index (χ0n) is 23.5. The summed E-state index contributed by atoms with van der Waals surface area (Å²) < 4.78 is 28.1.